The molecule has 0 fully saturated rings. The summed E-state index contributed by atoms with van der Waals surface area (Å²) in [4.78, 5) is 4.42. The van der Waals surface area contributed by atoms with E-state index in [2.05, 4.69) is 29.0 Å². The molecule has 0 unspecified atom stereocenters. The molecule has 0 atom stereocenters. The first kappa shape index (κ1) is 30.6. The Morgan fingerprint density at radius 2 is 1.28 bits per heavy atom. The van der Waals surface area contributed by atoms with E-state index in [4.69, 9.17) is 9.47 Å². The number of phenolic OH excluding ortho intramolecular Hbond substituents is 1. The number of hydrogen-bond acceptors (Lipinski definition) is 7. The van der Waals surface area contributed by atoms with E-state index in [1.807, 2.05) is 36.4 Å². The predicted octanol–water partition coefficient (Wildman–Crippen LogP) is 9.53. The van der Waals surface area contributed by atoms with Gasteiger partial charge < -0.3 is 14.6 Å². The molecule has 212 valence electrons. The molecule has 2 aromatic carbocycles. The summed E-state index contributed by atoms with van der Waals surface area (Å²) in [5.74, 6) is 1.68. The van der Waals surface area contributed by atoms with Crippen molar-refractivity contribution in [3.05, 3.63) is 48.0 Å². The average Bonchev–Trinajstić information content (AvgIpc) is 3.43. The van der Waals surface area contributed by atoms with E-state index in [9.17, 15) is 5.11 Å². The van der Waals surface area contributed by atoms with Crippen molar-refractivity contribution in [3.8, 4) is 27.8 Å². The monoisotopic (exact) mass is 551 g/mol. The van der Waals surface area contributed by atoms with Crippen molar-refractivity contribution in [2.75, 3.05) is 13.2 Å². The van der Waals surface area contributed by atoms with Crippen LogP contribution in [0.25, 0.3) is 10.6 Å². The molecule has 7 heteroatoms. The highest BCUT2D eigenvalue weighted by molar-refractivity contribution is 7.18. The zero-order valence-electron chi connectivity index (χ0n) is 23.7. The van der Waals surface area contributed by atoms with E-state index in [0.717, 1.165) is 35.8 Å². The second kappa shape index (κ2) is 18.4. The van der Waals surface area contributed by atoms with Crippen molar-refractivity contribution in [1.29, 1.82) is 0 Å². The Labute approximate surface area is 238 Å². The Hall–Kier alpha value is -2.93. The number of unbranched alkanes of at least 4 members (excludes halogenated alkanes) is 11. The van der Waals surface area contributed by atoms with Gasteiger partial charge in [-0.3, -0.25) is 0 Å². The highest BCUT2D eigenvalue weighted by atomic mass is 32.1. The molecule has 0 saturated carbocycles. The zero-order valence-corrected chi connectivity index (χ0v) is 24.6. The van der Waals surface area contributed by atoms with Gasteiger partial charge in [0.1, 0.15) is 22.3 Å². The first-order chi connectivity index (χ1) is 19.2. The number of nitrogens with zero attached hydrogens (tertiary/aromatic N) is 3. The topological polar surface area (TPSA) is 76.8 Å². The molecule has 39 heavy (non-hydrogen) atoms. The zero-order chi connectivity index (χ0) is 27.5. The summed E-state index contributed by atoms with van der Waals surface area (Å²) in [7, 11) is 0. The van der Waals surface area contributed by atoms with Gasteiger partial charge >= 0.3 is 0 Å². The van der Waals surface area contributed by atoms with Crippen LogP contribution in [0.15, 0.2) is 47.5 Å². The summed E-state index contributed by atoms with van der Waals surface area (Å²) in [6.45, 7) is 5.89. The summed E-state index contributed by atoms with van der Waals surface area (Å²) in [5.41, 5.74) is 1.59. The minimum atomic E-state index is 0.135. The molecule has 3 aromatic rings. The van der Waals surface area contributed by atoms with Gasteiger partial charge in [-0.05, 0) is 49.2 Å². The molecule has 0 saturated heterocycles. The van der Waals surface area contributed by atoms with Gasteiger partial charge in [-0.1, -0.05) is 95.8 Å². The van der Waals surface area contributed by atoms with Crippen molar-refractivity contribution in [2.24, 2.45) is 4.99 Å². The lowest BCUT2D eigenvalue weighted by Gasteiger charge is -2.07. The Morgan fingerprint density at radius 3 is 1.90 bits per heavy atom. The maximum atomic E-state index is 10.4. The summed E-state index contributed by atoms with van der Waals surface area (Å²) < 4.78 is 11.7. The van der Waals surface area contributed by atoms with Crippen molar-refractivity contribution >= 4 is 22.7 Å². The third-order valence-corrected chi connectivity index (χ3v) is 7.50. The first-order valence-corrected chi connectivity index (χ1v) is 15.6. The van der Waals surface area contributed by atoms with Crippen molar-refractivity contribution in [1.82, 2.24) is 10.2 Å². The number of ether oxygens (including phenoxy) is 2. The lowest BCUT2D eigenvalue weighted by molar-refractivity contribution is 0.302. The molecule has 0 aliphatic carbocycles. The van der Waals surface area contributed by atoms with Crippen LogP contribution in [-0.2, 0) is 0 Å². The minimum absolute atomic E-state index is 0.135. The predicted molar refractivity (Wildman–Crippen MR) is 163 cm³/mol. The number of rotatable bonds is 20. The Balaban J connectivity index is 1.41. The van der Waals surface area contributed by atoms with Gasteiger partial charge in [-0.25, -0.2) is 4.99 Å². The highest BCUT2D eigenvalue weighted by Crippen LogP contribution is 2.30. The van der Waals surface area contributed by atoms with Gasteiger partial charge in [0.15, 0.2) is 0 Å². The molecule has 0 spiro atoms. The number of phenols is 1. The van der Waals surface area contributed by atoms with Gasteiger partial charge in [-0.2, -0.15) is 0 Å². The van der Waals surface area contributed by atoms with Gasteiger partial charge in [0.05, 0.1) is 13.2 Å². The van der Waals surface area contributed by atoms with Crippen LogP contribution in [-0.4, -0.2) is 34.7 Å². The second-order valence-corrected chi connectivity index (χ2v) is 10.9. The number of aliphatic imine (C=N–C) groups is 1. The van der Waals surface area contributed by atoms with Crippen molar-refractivity contribution in [2.45, 2.75) is 97.3 Å². The molecular formula is C32H45N3O3S. The van der Waals surface area contributed by atoms with E-state index in [-0.39, 0.29) is 5.75 Å². The molecule has 3 rings (SSSR count). The van der Waals surface area contributed by atoms with Gasteiger partial charge in [-0.15, -0.1) is 10.2 Å². The average molecular weight is 552 g/mol. The van der Waals surface area contributed by atoms with Crippen molar-refractivity contribution < 1.29 is 14.6 Å². The van der Waals surface area contributed by atoms with Crippen LogP contribution in [0.4, 0.5) is 5.13 Å². The molecule has 0 bridgehead atoms. The second-order valence-electron chi connectivity index (χ2n) is 9.98. The number of hydrogen-bond donors (Lipinski definition) is 1. The third-order valence-electron chi connectivity index (χ3n) is 6.61. The Bertz CT molecular complexity index is 1100. The number of aromatic hydroxyl groups is 1. The largest absolute Gasteiger partial charge is 0.507 e. The van der Waals surface area contributed by atoms with Gasteiger partial charge in [0, 0.05) is 23.4 Å². The molecule has 0 amide bonds. The standard InChI is InChI=1S/C32H45N3O3S/c1-3-5-7-9-11-13-14-22-37-28-19-16-26(17-20-28)31-34-35-32(39-31)33-25-27-18-21-29(24-30(27)36)38-23-15-12-10-8-6-4-2/h16-21,24-25,36H,3-15,22-23H2,1-2H3/b33-25+. The summed E-state index contributed by atoms with van der Waals surface area (Å²) in [6, 6.07) is 13.3. The van der Waals surface area contributed by atoms with E-state index < -0.39 is 0 Å². The maximum Gasteiger partial charge on any atom is 0.231 e. The molecule has 1 N–H and O–H groups in total. The molecule has 1 heterocycles. The number of aromatic nitrogens is 2. The highest BCUT2D eigenvalue weighted by Gasteiger charge is 2.07. The fourth-order valence-corrected chi connectivity index (χ4v) is 4.94. The van der Waals surface area contributed by atoms with Crippen LogP contribution in [0.5, 0.6) is 17.2 Å². The van der Waals surface area contributed by atoms with Crippen LogP contribution < -0.4 is 9.47 Å². The summed E-state index contributed by atoms with van der Waals surface area (Å²) in [6.07, 6.45) is 17.9. The SMILES string of the molecule is CCCCCCCCCOc1ccc(-c2nnc(/N=C/c3ccc(OCCCCCCCC)cc3O)s2)cc1. The number of benzene rings is 2. The van der Waals surface area contributed by atoms with Gasteiger partial charge in [0.25, 0.3) is 0 Å². The van der Waals surface area contributed by atoms with Crippen LogP contribution >= 0.6 is 11.3 Å². The normalized spacial score (nSPS) is 11.3. The fraction of sp³-hybridized carbons (Fsp3) is 0.531. The Kier molecular flexibility index (Phi) is 14.4. The molecule has 1 aromatic heterocycles. The fourth-order valence-electron chi connectivity index (χ4n) is 4.25. The van der Waals surface area contributed by atoms with Crippen LogP contribution in [0.3, 0.4) is 0 Å². The molecule has 0 radical (unpaired) electrons. The smallest absolute Gasteiger partial charge is 0.231 e. The van der Waals surface area contributed by atoms with Crippen LogP contribution in [0, 0.1) is 0 Å². The molecule has 6 nitrogen and oxygen atoms in total. The quantitative estimate of drug-likeness (QED) is 0.112. The molecular weight excluding hydrogens is 506 g/mol. The van der Waals surface area contributed by atoms with Crippen molar-refractivity contribution in [3.63, 3.8) is 0 Å². The van der Waals surface area contributed by atoms with E-state index in [1.165, 1.54) is 82.0 Å². The first-order valence-electron chi connectivity index (χ1n) is 14.8. The lowest BCUT2D eigenvalue weighted by Crippen LogP contribution is -1.97. The molecule has 0 aliphatic heterocycles. The van der Waals surface area contributed by atoms with Gasteiger partial charge in [0.2, 0.25) is 5.13 Å². The van der Waals surface area contributed by atoms with Crippen LogP contribution in [0.1, 0.15) is 103 Å². The van der Waals surface area contributed by atoms with E-state index in [1.54, 1.807) is 12.3 Å². The third kappa shape index (κ3) is 11.8. The minimum Gasteiger partial charge on any atom is -0.507 e. The van der Waals surface area contributed by atoms with Crippen LogP contribution in [0.2, 0.25) is 0 Å². The van der Waals surface area contributed by atoms with E-state index in [0.29, 0.717) is 23.1 Å². The summed E-state index contributed by atoms with van der Waals surface area (Å²) >= 11 is 1.41. The molecule has 0 aliphatic rings. The lowest BCUT2D eigenvalue weighted by atomic mass is 10.1. The Morgan fingerprint density at radius 1 is 0.718 bits per heavy atom. The maximum absolute atomic E-state index is 10.4. The van der Waals surface area contributed by atoms with E-state index >= 15 is 0 Å². The summed E-state index contributed by atoms with van der Waals surface area (Å²) in [5, 5.41) is 20.2.